The Labute approximate surface area is 191 Å². The highest BCUT2D eigenvalue weighted by atomic mass is 32.1. The lowest BCUT2D eigenvalue weighted by Gasteiger charge is -2.15. The first-order valence-electron chi connectivity index (χ1n) is 9.70. The van der Waals surface area contributed by atoms with E-state index in [0.29, 0.717) is 11.4 Å². The van der Waals surface area contributed by atoms with Crippen LogP contribution in [0, 0.1) is 0 Å². The molecule has 1 aromatic carbocycles. The van der Waals surface area contributed by atoms with Crippen LogP contribution in [0.15, 0.2) is 35.4 Å². The van der Waals surface area contributed by atoms with Gasteiger partial charge in [0.25, 0.3) is 5.56 Å². The van der Waals surface area contributed by atoms with Gasteiger partial charge in [-0.1, -0.05) is 0 Å². The summed E-state index contributed by atoms with van der Waals surface area (Å²) in [6.45, 7) is 0.0709. The van der Waals surface area contributed by atoms with Crippen LogP contribution in [0.4, 0.5) is 22.1 Å². The molecule has 3 aromatic rings. The summed E-state index contributed by atoms with van der Waals surface area (Å²) >= 11 is 4.09. The summed E-state index contributed by atoms with van der Waals surface area (Å²) in [7, 11) is 0. The maximum Gasteiger partial charge on any atom is 0.411 e. The Morgan fingerprint density at radius 2 is 2.00 bits per heavy atom. The first-order chi connectivity index (χ1) is 15.8. The van der Waals surface area contributed by atoms with Gasteiger partial charge in [0.1, 0.15) is 13.3 Å². The fourth-order valence-corrected chi connectivity index (χ4v) is 3.43. The summed E-state index contributed by atoms with van der Waals surface area (Å²) in [6, 6.07) is 6.18. The highest BCUT2D eigenvalue weighted by molar-refractivity contribution is 7.82. The molecule has 1 saturated heterocycles. The second kappa shape index (κ2) is 9.30. The predicted molar refractivity (Wildman–Crippen MR) is 120 cm³/mol. The van der Waals surface area contributed by atoms with Crippen LogP contribution in [0.2, 0.25) is 0 Å². The van der Waals surface area contributed by atoms with Crippen LogP contribution in [-0.4, -0.2) is 55.9 Å². The quantitative estimate of drug-likeness (QED) is 0.216. The number of fused-ring (bicyclic) bond motifs is 1. The molecule has 4 rings (SSSR count). The Kier molecular flexibility index (Phi) is 6.28. The molecule has 2 aromatic heterocycles. The number of amides is 3. The van der Waals surface area contributed by atoms with Gasteiger partial charge >= 0.3 is 6.09 Å². The summed E-state index contributed by atoms with van der Waals surface area (Å²) in [5, 5.41) is 1.89. The highest BCUT2D eigenvalue weighted by Gasteiger charge is 2.37. The molecule has 3 amide bonds. The number of ether oxygens (including phenoxy) is 2. The van der Waals surface area contributed by atoms with Gasteiger partial charge in [-0.2, -0.15) is 17.6 Å². The molecule has 0 aliphatic carbocycles. The lowest BCUT2D eigenvalue weighted by molar-refractivity contribution is -0.121. The molecule has 1 fully saturated rings. The number of aromatic nitrogens is 4. The molecule has 1 unspecified atom stereocenters. The van der Waals surface area contributed by atoms with Crippen molar-refractivity contribution >= 4 is 59.0 Å². The van der Waals surface area contributed by atoms with Crippen LogP contribution >= 0.6 is 12.6 Å². The van der Waals surface area contributed by atoms with E-state index in [1.165, 1.54) is 10.9 Å². The van der Waals surface area contributed by atoms with E-state index in [-0.39, 0.29) is 55.3 Å². The molecular weight excluding hydrogens is 454 g/mol. The van der Waals surface area contributed by atoms with Gasteiger partial charge in [0.2, 0.25) is 17.8 Å². The Hall–Kier alpha value is -3.91. The Morgan fingerprint density at radius 1 is 1.24 bits per heavy atom. The fraction of sp³-hybridized carbons (Fsp3) is 0.263. The molecule has 172 valence electrons. The SMILES string of the molecule is Nc1nc2c(ncn2COCCOC(=O)Nc2ccc(N3C(=O)CC(S)C3=O)cc2)c(=O)[nH]1. The summed E-state index contributed by atoms with van der Waals surface area (Å²) in [6.07, 6.45) is 0.739. The fourth-order valence-electron chi connectivity index (χ4n) is 3.16. The maximum atomic E-state index is 12.0. The predicted octanol–water partition coefficient (Wildman–Crippen LogP) is 0.486. The number of benzene rings is 1. The van der Waals surface area contributed by atoms with Crippen molar-refractivity contribution < 1.29 is 23.9 Å². The third-order valence-corrected chi connectivity index (χ3v) is 5.08. The van der Waals surface area contributed by atoms with Gasteiger partial charge in [-0.15, -0.1) is 0 Å². The third kappa shape index (κ3) is 4.80. The summed E-state index contributed by atoms with van der Waals surface area (Å²) in [5.74, 6) is -0.736. The Balaban J connectivity index is 1.22. The molecule has 0 bridgehead atoms. The molecule has 13 nitrogen and oxygen atoms in total. The van der Waals surface area contributed by atoms with E-state index in [0.717, 1.165) is 4.90 Å². The van der Waals surface area contributed by atoms with Gasteiger partial charge in [0, 0.05) is 12.1 Å². The zero-order valence-electron chi connectivity index (χ0n) is 17.1. The van der Waals surface area contributed by atoms with E-state index in [9.17, 15) is 19.2 Å². The number of carbonyl (C=O) groups is 3. The molecular formula is C19H19N7O6S. The smallest absolute Gasteiger partial charge is 0.411 e. The van der Waals surface area contributed by atoms with Crippen molar-refractivity contribution in [2.45, 2.75) is 18.4 Å². The van der Waals surface area contributed by atoms with Crippen molar-refractivity contribution in [3.8, 4) is 0 Å². The van der Waals surface area contributed by atoms with Gasteiger partial charge in [-0.05, 0) is 24.3 Å². The second-order valence-corrected chi connectivity index (χ2v) is 7.59. The number of hydrogen-bond donors (Lipinski definition) is 4. The summed E-state index contributed by atoms with van der Waals surface area (Å²) in [5.41, 5.74) is 6.32. The van der Waals surface area contributed by atoms with Crippen molar-refractivity contribution in [2.24, 2.45) is 0 Å². The number of H-pyrrole nitrogens is 1. The van der Waals surface area contributed by atoms with Crippen LogP contribution in [-0.2, 0) is 25.8 Å². The van der Waals surface area contributed by atoms with Gasteiger partial charge in [0.15, 0.2) is 11.2 Å². The maximum absolute atomic E-state index is 12.0. The lowest BCUT2D eigenvalue weighted by Crippen LogP contribution is -2.30. The minimum absolute atomic E-state index is 0.0277. The van der Waals surface area contributed by atoms with E-state index < -0.39 is 16.9 Å². The molecule has 1 aliphatic heterocycles. The van der Waals surface area contributed by atoms with Crippen molar-refractivity contribution in [1.82, 2.24) is 19.5 Å². The molecule has 3 heterocycles. The molecule has 0 saturated carbocycles. The largest absolute Gasteiger partial charge is 0.447 e. The van der Waals surface area contributed by atoms with Crippen molar-refractivity contribution in [2.75, 3.05) is 29.2 Å². The number of nitrogen functional groups attached to an aromatic ring is 1. The standard InChI is InChI=1S/C19H19N7O6S/c20-18-23-15-14(16(28)24-18)21-8-25(15)9-31-5-6-32-19(30)22-10-1-3-11(4-2-10)26-13(27)7-12(33)17(26)29/h1-4,8,12,33H,5-7,9H2,(H,22,30)(H3,20,23,24,28). The summed E-state index contributed by atoms with van der Waals surface area (Å²) < 4.78 is 12.0. The number of imidazole rings is 1. The number of imide groups is 1. The van der Waals surface area contributed by atoms with E-state index in [1.54, 1.807) is 24.3 Å². The molecule has 1 aliphatic rings. The van der Waals surface area contributed by atoms with Gasteiger partial charge in [0.05, 0.1) is 23.9 Å². The van der Waals surface area contributed by atoms with Crippen molar-refractivity contribution in [3.63, 3.8) is 0 Å². The number of thiol groups is 1. The van der Waals surface area contributed by atoms with Crippen LogP contribution < -0.4 is 21.5 Å². The second-order valence-electron chi connectivity index (χ2n) is 6.97. The van der Waals surface area contributed by atoms with Gasteiger partial charge < -0.3 is 15.2 Å². The number of rotatable bonds is 7. The molecule has 14 heteroatoms. The van der Waals surface area contributed by atoms with E-state index >= 15 is 0 Å². The number of nitrogens with two attached hydrogens (primary N) is 1. The van der Waals surface area contributed by atoms with E-state index in [1.807, 2.05) is 0 Å². The average Bonchev–Trinajstić information content (AvgIpc) is 3.28. The van der Waals surface area contributed by atoms with Crippen LogP contribution in [0.3, 0.4) is 0 Å². The molecule has 0 spiro atoms. The van der Waals surface area contributed by atoms with Crippen molar-refractivity contribution in [1.29, 1.82) is 0 Å². The minimum Gasteiger partial charge on any atom is -0.447 e. The number of nitrogens with one attached hydrogen (secondary N) is 2. The Morgan fingerprint density at radius 3 is 2.70 bits per heavy atom. The van der Waals surface area contributed by atoms with Crippen LogP contribution in [0.25, 0.3) is 11.2 Å². The number of carbonyl (C=O) groups excluding carboxylic acids is 3. The third-order valence-electron chi connectivity index (χ3n) is 4.68. The topological polar surface area (TPSA) is 175 Å². The Bertz CT molecular complexity index is 1270. The molecule has 4 N–H and O–H groups in total. The zero-order valence-corrected chi connectivity index (χ0v) is 17.9. The van der Waals surface area contributed by atoms with E-state index in [4.69, 9.17) is 15.2 Å². The normalized spacial score (nSPS) is 15.9. The van der Waals surface area contributed by atoms with Crippen LogP contribution in [0.5, 0.6) is 0 Å². The minimum atomic E-state index is -0.704. The first kappa shape index (κ1) is 22.3. The number of anilines is 3. The molecule has 0 radical (unpaired) electrons. The molecule has 1 atom stereocenters. The number of hydrogen-bond acceptors (Lipinski definition) is 10. The van der Waals surface area contributed by atoms with Gasteiger partial charge in [-0.3, -0.25) is 29.3 Å². The van der Waals surface area contributed by atoms with Crippen molar-refractivity contribution in [3.05, 3.63) is 40.9 Å². The zero-order chi connectivity index (χ0) is 23.5. The summed E-state index contributed by atoms with van der Waals surface area (Å²) in [4.78, 5) is 59.0. The first-order valence-corrected chi connectivity index (χ1v) is 10.2. The lowest BCUT2D eigenvalue weighted by atomic mass is 10.2. The highest BCUT2D eigenvalue weighted by Crippen LogP contribution is 2.26. The van der Waals surface area contributed by atoms with E-state index in [2.05, 4.69) is 32.9 Å². The van der Waals surface area contributed by atoms with Crippen LogP contribution in [0.1, 0.15) is 6.42 Å². The monoisotopic (exact) mass is 473 g/mol. The number of nitrogens with zero attached hydrogens (tertiary/aromatic N) is 4. The molecule has 33 heavy (non-hydrogen) atoms. The average molecular weight is 473 g/mol. The van der Waals surface area contributed by atoms with Gasteiger partial charge in [-0.25, -0.2) is 14.7 Å². The number of aromatic amines is 1.